The molecule has 0 bridgehead atoms. The Kier molecular flexibility index (Phi) is 11.1. The maximum absolute atomic E-state index is 14.9. The lowest BCUT2D eigenvalue weighted by Gasteiger charge is -2.27. The number of ketones is 2. The number of aromatic nitrogens is 8. The molecule has 1 aliphatic heterocycles. The van der Waals surface area contributed by atoms with Gasteiger partial charge in [-0.1, -0.05) is 22.9 Å². The van der Waals surface area contributed by atoms with Crippen molar-refractivity contribution in [1.82, 2.24) is 43.8 Å². The number of aryl methyl sites for hydroxylation is 1. The van der Waals surface area contributed by atoms with E-state index in [0.717, 1.165) is 9.47 Å². The molecule has 62 heavy (non-hydrogen) atoms. The van der Waals surface area contributed by atoms with Crippen LogP contribution in [0.5, 0.6) is 0 Å². The number of carbonyl (C=O) groups is 5. The largest absolute Gasteiger partial charge is 0.370 e. The fourth-order valence-electron chi connectivity index (χ4n) is 7.16. The number of halogens is 4. The van der Waals surface area contributed by atoms with Gasteiger partial charge in [-0.3, -0.25) is 38.1 Å². The molecule has 0 radical (unpaired) electrons. The average Bonchev–Trinajstić information content (AvgIpc) is 3.90. The number of nitrogens with one attached hydrogen (secondary N) is 2. The minimum absolute atomic E-state index is 0.00558. The van der Waals surface area contributed by atoms with Crippen LogP contribution < -0.4 is 22.0 Å². The summed E-state index contributed by atoms with van der Waals surface area (Å²) in [6, 6.07) is 7.25. The molecule has 6 aromatic rings. The number of rotatable bonds is 13. The SMILES string of the molecule is Cn1cc2cc(Nc3nc(=O)n(Cc4cn(CCOCC(=O)Nc5cccc6c5C(=O)N(C5CCC(=O)CC5=O)C6=O)nn4)c(=O)n3Cc3cc(F)c(F)cc3F)c(Cl)cc2n1. The van der Waals surface area contributed by atoms with Crippen LogP contribution in [0.1, 0.15) is 51.2 Å². The summed E-state index contributed by atoms with van der Waals surface area (Å²) in [6.07, 6.45) is 2.80. The van der Waals surface area contributed by atoms with Gasteiger partial charge in [0.1, 0.15) is 23.9 Å². The van der Waals surface area contributed by atoms with Crippen LogP contribution >= 0.6 is 11.6 Å². The fraction of sp³-hybridized carbons (Fsp3) is 0.256. The molecule has 3 aromatic heterocycles. The molecule has 3 aromatic carbocycles. The number of nitrogens with zero attached hydrogens (tertiary/aromatic N) is 9. The van der Waals surface area contributed by atoms with Crippen LogP contribution in [0, 0.1) is 17.5 Å². The molecule has 3 amide bonds. The van der Waals surface area contributed by atoms with Crippen LogP contribution in [0.2, 0.25) is 5.02 Å². The first-order valence-electron chi connectivity index (χ1n) is 18.7. The summed E-state index contributed by atoms with van der Waals surface area (Å²) in [4.78, 5) is 95.6. The zero-order valence-electron chi connectivity index (χ0n) is 32.2. The van der Waals surface area contributed by atoms with Crippen molar-refractivity contribution in [2.75, 3.05) is 23.8 Å². The van der Waals surface area contributed by atoms with Gasteiger partial charge < -0.3 is 15.4 Å². The van der Waals surface area contributed by atoms with E-state index in [1.54, 1.807) is 24.0 Å². The average molecular weight is 874 g/mol. The highest BCUT2D eigenvalue weighted by atomic mass is 35.5. The standard InChI is InChI=1S/C39H31ClF3N11O8/c1-50-14-20-10-30(24(40)12-29(20)48-50)45-37-46-38(60)53(39(61)52(37)15-19-9-26(42)27(43)13-25(19)41)17-21-16-51(49-47-21)7-8-62-18-33(57)44-28-4-2-3-23-34(28)36(59)54(35(23)58)31-6-5-22(55)11-32(31)56/h2-4,9-10,12-14,16,31H,5-8,11,15,17-18H2,1H3,(H,44,57)(H,45,46,60). The van der Waals surface area contributed by atoms with E-state index in [0.29, 0.717) is 27.6 Å². The summed E-state index contributed by atoms with van der Waals surface area (Å²) in [6.45, 7) is -1.69. The van der Waals surface area contributed by atoms with Gasteiger partial charge in [0.15, 0.2) is 17.4 Å². The minimum Gasteiger partial charge on any atom is -0.370 e. The highest BCUT2D eigenvalue weighted by molar-refractivity contribution is 6.34. The molecule has 1 atom stereocenters. The number of imide groups is 1. The van der Waals surface area contributed by atoms with E-state index in [-0.39, 0.29) is 77.4 Å². The third kappa shape index (κ3) is 8.11. The molecular formula is C39H31ClF3N11O8. The molecular weight excluding hydrogens is 843 g/mol. The number of hydrogen-bond acceptors (Lipinski definition) is 13. The van der Waals surface area contributed by atoms with Gasteiger partial charge in [-0.2, -0.15) is 10.1 Å². The number of fused-ring (bicyclic) bond motifs is 2. The second-order valence-corrected chi connectivity index (χ2v) is 14.8. The Morgan fingerprint density at radius 1 is 0.935 bits per heavy atom. The van der Waals surface area contributed by atoms with E-state index < -0.39 is 83.6 Å². The molecule has 4 heterocycles. The number of ether oxygens (including phenoxy) is 1. The van der Waals surface area contributed by atoms with Crippen LogP contribution in [-0.2, 0) is 45.8 Å². The first-order valence-corrected chi connectivity index (χ1v) is 19.1. The van der Waals surface area contributed by atoms with Gasteiger partial charge in [0.25, 0.3) is 11.8 Å². The van der Waals surface area contributed by atoms with Crippen LogP contribution in [0.4, 0.5) is 30.5 Å². The van der Waals surface area contributed by atoms with E-state index in [1.807, 2.05) is 0 Å². The van der Waals surface area contributed by atoms with Crippen molar-refractivity contribution in [3.63, 3.8) is 0 Å². The smallest absolute Gasteiger partial charge is 0.355 e. The first kappa shape index (κ1) is 41.4. The van der Waals surface area contributed by atoms with Crippen molar-refractivity contribution in [1.29, 1.82) is 0 Å². The predicted octanol–water partition coefficient (Wildman–Crippen LogP) is 2.74. The van der Waals surface area contributed by atoms with Gasteiger partial charge in [-0.15, -0.1) is 5.10 Å². The zero-order valence-corrected chi connectivity index (χ0v) is 33.0. The van der Waals surface area contributed by atoms with Gasteiger partial charge in [-0.05, 0) is 36.8 Å². The van der Waals surface area contributed by atoms with Crippen molar-refractivity contribution >= 4 is 69.1 Å². The number of hydrogen-bond donors (Lipinski definition) is 2. The summed E-state index contributed by atoms with van der Waals surface area (Å²) in [5.41, 5.74) is -1.69. The van der Waals surface area contributed by atoms with Crippen molar-refractivity contribution in [3.05, 3.63) is 121 Å². The highest BCUT2D eigenvalue weighted by Crippen LogP contribution is 2.34. The number of benzene rings is 3. The van der Waals surface area contributed by atoms with E-state index in [2.05, 4.69) is 31.0 Å². The molecule has 19 nitrogen and oxygen atoms in total. The Labute approximate surface area is 350 Å². The Balaban J connectivity index is 0.933. The van der Waals surface area contributed by atoms with Crippen molar-refractivity contribution < 1.29 is 41.9 Å². The maximum atomic E-state index is 14.9. The van der Waals surface area contributed by atoms with Crippen molar-refractivity contribution in [2.45, 2.75) is 44.9 Å². The Morgan fingerprint density at radius 2 is 1.73 bits per heavy atom. The Morgan fingerprint density at radius 3 is 2.52 bits per heavy atom. The Hall–Kier alpha value is -7.33. The minimum atomic E-state index is -1.44. The molecule has 1 unspecified atom stereocenters. The lowest BCUT2D eigenvalue weighted by atomic mass is 9.92. The van der Waals surface area contributed by atoms with Crippen LogP contribution in [0.25, 0.3) is 10.9 Å². The summed E-state index contributed by atoms with van der Waals surface area (Å²) in [5, 5.41) is 18.4. The monoisotopic (exact) mass is 873 g/mol. The van der Waals surface area contributed by atoms with E-state index in [1.165, 1.54) is 35.1 Å². The molecule has 1 fully saturated rings. The molecule has 23 heteroatoms. The van der Waals surface area contributed by atoms with Gasteiger partial charge in [0.05, 0.1) is 77.9 Å². The van der Waals surface area contributed by atoms with Crippen LogP contribution in [-0.4, -0.2) is 92.3 Å². The summed E-state index contributed by atoms with van der Waals surface area (Å²) in [5.74, 6) is -7.27. The maximum Gasteiger partial charge on any atom is 0.355 e. The third-order valence-electron chi connectivity index (χ3n) is 10.1. The second kappa shape index (κ2) is 16.6. The van der Waals surface area contributed by atoms with Crippen molar-refractivity contribution in [2.24, 2.45) is 7.05 Å². The summed E-state index contributed by atoms with van der Waals surface area (Å²) >= 11 is 6.47. The fourth-order valence-corrected chi connectivity index (χ4v) is 7.36. The first-order chi connectivity index (χ1) is 29.6. The van der Waals surface area contributed by atoms with Gasteiger partial charge >= 0.3 is 11.4 Å². The molecule has 0 spiro atoms. The number of anilines is 3. The topological polar surface area (TPSA) is 227 Å². The highest BCUT2D eigenvalue weighted by Gasteiger charge is 2.45. The molecule has 2 aliphatic rings. The predicted molar refractivity (Wildman–Crippen MR) is 210 cm³/mol. The molecule has 1 saturated carbocycles. The zero-order chi connectivity index (χ0) is 44.0. The van der Waals surface area contributed by atoms with E-state index in [4.69, 9.17) is 16.3 Å². The molecule has 2 N–H and O–H groups in total. The third-order valence-corrected chi connectivity index (χ3v) is 10.4. The number of carbonyl (C=O) groups excluding carboxylic acids is 5. The van der Waals surface area contributed by atoms with Gasteiger partial charge in [0, 0.05) is 36.7 Å². The molecule has 8 rings (SSSR count). The van der Waals surface area contributed by atoms with Gasteiger partial charge in [-0.25, -0.2) is 32.0 Å². The number of amides is 3. The quantitative estimate of drug-likeness (QED) is 0.0738. The summed E-state index contributed by atoms with van der Waals surface area (Å²) < 4.78 is 52.7. The van der Waals surface area contributed by atoms with Crippen molar-refractivity contribution in [3.8, 4) is 0 Å². The van der Waals surface area contributed by atoms with Gasteiger partial charge in [0.2, 0.25) is 11.9 Å². The molecule has 1 aliphatic carbocycles. The van der Waals surface area contributed by atoms with E-state index in [9.17, 15) is 46.7 Å². The number of Topliss-reactive ketones (excluding diaryl/α,β-unsaturated/α-hetero) is 2. The normalized spacial score (nSPS) is 15.2. The lowest BCUT2D eigenvalue weighted by molar-refractivity contribution is -0.132. The Bertz CT molecular complexity index is 3000. The summed E-state index contributed by atoms with van der Waals surface area (Å²) in [7, 11) is 1.70. The van der Waals surface area contributed by atoms with Crippen LogP contribution in [0.3, 0.4) is 0 Å². The van der Waals surface area contributed by atoms with Crippen LogP contribution in [0.15, 0.2) is 64.4 Å². The van der Waals surface area contributed by atoms with E-state index >= 15 is 0 Å². The molecule has 0 saturated heterocycles. The molecule has 318 valence electrons. The second-order valence-electron chi connectivity index (χ2n) is 14.4. The lowest BCUT2D eigenvalue weighted by Crippen LogP contribution is -2.47.